The Morgan fingerprint density at radius 1 is 1.08 bits per heavy atom. The van der Waals surface area contributed by atoms with Crippen molar-refractivity contribution in [2.24, 2.45) is 5.41 Å². The van der Waals surface area contributed by atoms with E-state index in [9.17, 15) is 4.79 Å². The summed E-state index contributed by atoms with van der Waals surface area (Å²) in [5.74, 6) is 0.156. The van der Waals surface area contributed by atoms with Crippen LogP contribution in [0.4, 0.5) is 0 Å². The van der Waals surface area contributed by atoms with E-state index in [2.05, 4.69) is 20.3 Å². The molecule has 2 aromatic heterocycles. The van der Waals surface area contributed by atoms with Gasteiger partial charge in [0.05, 0.1) is 5.41 Å². The molecule has 2 saturated carbocycles. The van der Waals surface area contributed by atoms with Crippen molar-refractivity contribution >= 4 is 5.91 Å². The Morgan fingerprint density at radius 2 is 1.79 bits per heavy atom. The molecule has 0 unspecified atom stereocenters. The number of nitrogens with one attached hydrogen (secondary N) is 1. The fourth-order valence-corrected chi connectivity index (χ4v) is 4.37. The van der Waals surface area contributed by atoms with Gasteiger partial charge in [-0.1, -0.05) is 6.42 Å². The number of rotatable bonds is 5. The highest BCUT2D eigenvalue weighted by Crippen LogP contribution is 2.64. The molecule has 5 nitrogen and oxygen atoms in total. The average molecular weight is 322 g/mol. The van der Waals surface area contributed by atoms with Crippen LogP contribution in [-0.2, 0) is 16.6 Å². The molecule has 0 radical (unpaired) electrons. The second-order valence-electron chi connectivity index (χ2n) is 7.28. The second kappa shape index (κ2) is 5.96. The summed E-state index contributed by atoms with van der Waals surface area (Å²) in [5.41, 5.74) is 2.21. The Balaban J connectivity index is 1.45. The van der Waals surface area contributed by atoms with Gasteiger partial charge in [0.1, 0.15) is 6.33 Å². The third-order valence-corrected chi connectivity index (χ3v) is 5.75. The lowest BCUT2D eigenvalue weighted by atomic mass is 9.43. The molecular formula is C19H22N4O. The predicted molar refractivity (Wildman–Crippen MR) is 90.2 cm³/mol. The molecule has 0 aliphatic heterocycles. The summed E-state index contributed by atoms with van der Waals surface area (Å²) in [6, 6.07) is 3.99. The minimum absolute atomic E-state index is 0.156. The summed E-state index contributed by atoms with van der Waals surface area (Å²) < 4.78 is 0. The first kappa shape index (κ1) is 15.2. The number of hydrogen-bond acceptors (Lipinski definition) is 4. The highest BCUT2D eigenvalue weighted by atomic mass is 16.2. The molecule has 0 aromatic carbocycles. The first-order chi connectivity index (χ1) is 11.7. The van der Waals surface area contributed by atoms with Gasteiger partial charge in [0.25, 0.3) is 0 Å². The van der Waals surface area contributed by atoms with Crippen LogP contribution < -0.4 is 5.32 Å². The van der Waals surface area contributed by atoms with Crippen LogP contribution in [0.1, 0.15) is 43.2 Å². The molecule has 0 saturated heterocycles. The van der Waals surface area contributed by atoms with Gasteiger partial charge in [-0.25, -0.2) is 9.97 Å². The molecule has 4 rings (SSSR count). The lowest BCUT2D eigenvalue weighted by Crippen LogP contribution is -2.60. The van der Waals surface area contributed by atoms with E-state index in [-0.39, 0.29) is 11.3 Å². The molecule has 2 aromatic rings. The highest BCUT2D eigenvalue weighted by molar-refractivity contribution is 5.89. The number of carbonyl (C=O) groups is 1. The Kier molecular flexibility index (Phi) is 3.79. The van der Waals surface area contributed by atoms with Crippen LogP contribution in [0.3, 0.4) is 0 Å². The van der Waals surface area contributed by atoms with Crippen LogP contribution in [0.25, 0.3) is 0 Å². The van der Waals surface area contributed by atoms with Crippen LogP contribution >= 0.6 is 0 Å². The van der Waals surface area contributed by atoms with Crippen LogP contribution in [0, 0.1) is 5.41 Å². The third kappa shape index (κ3) is 2.58. The molecule has 2 heterocycles. The van der Waals surface area contributed by atoms with Gasteiger partial charge in [-0.3, -0.25) is 9.78 Å². The standard InChI is InChI=1S/C19H22N4O/c24-17(23-9-2-15-10-21-14-22-11-15)19(16-3-7-20-8-4-16)12-18(13-19)5-1-6-18/h3-4,7-8,10-11,14H,1-2,5-6,9,12-13H2,(H,23,24). The molecule has 2 aliphatic carbocycles. The van der Waals surface area contributed by atoms with E-state index in [0.717, 1.165) is 30.4 Å². The first-order valence-electron chi connectivity index (χ1n) is 8.65. The summed E-state index contributed by atoms with van der Waals surface area (Å²) >= 11 is 0. The zero-order chi connectivity index (χ0) is 16.5. The fourth-order valence-electron chi connectivity index (χ4n) is 4.37. The summed E-state index contributed by atoms with van der Waals surface area (Å²) in [7, 11) is 0. The minimum Gasteiger partial charge on any atom is -0.355 e. The van der Waals surface area contributed by atoms with Crippen molar-refractivity contribution < 1.29 is 4.79 Å². The number of carbonyl (C=O) groups excluding carboxylic acids is 1. The molecule has 0 bridgehead atoms. The monoisotopic (exact) mass is 322 g/mol. The van der Waals surface area contributed by atoms with E-state index >= 15 is 0 Å². The lowest BCUT2D eigenvalue weighted by molar-refractivity contribution is -0.142. The maximum atomic E-state index is 13.0. The maximum absolute atomic E-state index is 13.0. The molecule has 5 heteroatoms. The number of amides is 1. The molecule has 1 amide bonds. The van der Waals surface area contributed by atoms with E-state index in [1.165, 1.54) is 25.6 Å². The van der Waals surface area contributed by atoms with Gasteiger partial charge in [-0.15, -0.1) is 0 Å². The van der Waals surface area contributed by atoms with Gasteiger partial charge in [0, 0.05) is 31.3 Å². The Labute approximate surface area is 141 Å². The minimum atomic E-state index is -0.365. The van der Waals surface area contributed by atoms with Gasteiger partial charge in [0.2, 0.25) is 5.91 Å². The van der Waals surface area contributed by atoms with Crippen molar-refractivity contribution in [3.8, 4) is 0 Å². The first-order valence-corrected chi connectivity index (χ1v) is 8.65. The van der Waals surface area contributed by atoms with Crippen LogP contribution in [-0.4, -0.2) is 27.4 Å². The van der Waals surface area contributed by atoms with E-state index in [0.29, 0.717) is 12.0 Å². The Morgan fingerprint density at radius 3 is 2.42 bits per heavy atom. The Bertz CT molecular complexity index is 705. The molecule has 1 spiro atoms. The van der Waals surface area contributed by atoms with Crippen molar-refractivity contribution in [3.05, 3.63) is 54.4 Å². The smallest absolute Gasteiger partial charge is 0.230 e. The zero-order valence-electron chi connectivity index (χ0n) is 13.7. The van der Waals surface area contributed by atoms with Gasteiger partial charge >= 0.3 is 0 Å². The number of hydrogen-bond donors (Lipinski definition) is 1. The van der Waals surface area contributed by atoms with E-state index < -0.39 is 0 Å². The third-order valence-electron chi connectivity index (χ3n) is 5.75. The topological polar surface area (TPSA) is 67.8 Å². The normalized spacial score (nSPS) is 20.0. The van der Waals surface area contributed by atoms with Crippen LogP contribution in [0.5, 0.6) is 0 Å². The molecule has 1 N–H and O–H groups in total. The molecule has 0 atom stereocenters. The van der Waals surface area contributed by atoms with E-state index in [4.69, 9.17) is 0 Å². The summed E-state index contributed by atoms with van der Waals surface area (Å²) in [6.45, 7) is 0.617. The average Bonchev–Trinajstić information content (AvgIpc) is 2.55. The van der Waals surface area contributed by atoms with E-state index in [1.54, 1.807) is 24.8 Å². The van der Waals surface area contributed by atoms with Gasteiger partial charge in [-0.05, 0) is 60.8 Å². The van der Waals surface area contributed by atoms with Crippen molar-refractivity contribution in [1.82, 2.24) is 20.3 Å². The molecular weight excluding hydrogens is 300 g/mol. The van der Waals surface area contributed by atoms with Crippen molar-refractivity contribution in [2.45, 2.75) is 43.9 Å². The molecule has 24 heavy (non-hydrogen) atoms. The number of pyridine rings is 1. The maximum Gasteiger partial charge on any atom is 0.230 e. The quantitative estimate of drug-likeness (QED) is 0.918. The Hall–Kier alpha value is -2.30. The fraction of sp³-hybridized carbons (Fsp3) is 0.474. The molecule has 2 aliphatic rings. The highest BCUT2D eigenvalue weighted by Gasteiger charge is 2.61. The SMILES string of the molecule is O=C(NCCc1cncnc1)C1(c2ccncc2)CC2(CCC2)C1. The van der Waals surface area contributed by atoms with Crippen molar-refractivity contribution in [1.29, 1.82) is 0 Å². The summed E-state index contributed by atoms with van der Waals surface area (Å²) in [6.07, 6.45) is 15.3. The van der Waals surface area contributed by atoms with Gasteiger partial charge in [-0.2, -0.15) is 0 Å². The van der Waals surface area contributed by atoms with E-state index in [1.807, 2.05) is 12.1 Å². The number of aromatic nitrogens is 3. The molecule has 2 fully saturated rings. The summed E-state index contributed by atoms with van der Waals surface area (Å²) in [4.78, 5) is 25.1. The molecule has 124 valence electrons. The lowest BCUT2D eigenvalue weighted by Gasteiger charge is -2.60. The summed E-state index contributed by atoms with van der Waals surface area (Å²) in [5, 5.41) is 3.14. The zero-order valence-corrected chi connectivity index (χ0v) is 13.7. The van der Waals surface area contributed by atoms with Crippen molar-refractivity contribution in [3.63, 3.8) is 0 Å². The van der Waals surface area contributed by atoms with Crippen LogP contribution in [0.2, 0.25) is 0 Å². The van der Waals surface area contributed by atoms with Crippen molar-refractivity contribution in [2.75, 3.05) is 6.54 Å². The largest absolute Gasteiger partial charge is 0.355 e. The van der Waals surface area contributed by atoms with Gasteiger partial charge in [0.15, 0.2) is 0 Å². The predicted octanol–water partition coefficient (Wildman–Crippen LogP) is 2.43. The second-order valence-corrected chi connectivity index (χ2v) is 7.28. The van der Waals surface area contributed by atoms with Gasteiger partial charge < -0.3 is 5.32 Å². The van der Waals surface area contributed by atoms with Crippen LogP contribution in [0.15, 0.2) is 43.2 Å². The number of nitrogens with zero attached hydrogens (tertiary/aromatic N) is 3.